The topological polar surface area (TPSA) is 72.2 Å². The molecule has 0 saturated carbocycles. The number of benzene rings is 1. The van der Waals surface area contributed by atoms with Crippen molar-refractivity contribution in [1.82, 2.24) is 9.97 Å². The molecule has 0 spiro atoms. The third-order valence-corrected chi connectivity index (χ3v) is 3.51. The third-order valence-electron chi connectivity index (χ3n) is 3.33. The minimum absolute atomic E-state index is 0.114. The molecule has 6 nitrogen and oxygen atoms in total. The van der Waals surface area contributed by atoms with Gasteiger partial charge in [0.2, 0.25) is 0 Å². The van der Waals surface area contributed by atoms with E-state index in [1.54, 1.807) is 18.3 Å². The molecule has 0 amide bonds. The maximum Gasteiger partial charge on any atom is 0.269 e. The van der Waals surface area contributed by atoms with Crippen LogP contribution in [0.2, 0.25) is 5.15 Å². The fourth-order valence-electron chi connectivity index (χ4n) is 2.34. The zero-order valence-electron chi connectivity index (χ0n) is 10.5. The van der Waals surface area contributed by atoms with Crippen LogP contribution in [0.1, 0.15) is 11.1 Å². The van der Waals surface area contributed by atoms with Crippen LogP contribution in [-0.4, -0.2) is 21.4 Å². The van der Waals surface area contributed by atoms with Crippen molar-refractivity contribution >= 4 is 23.1 Å². The second-order valence-corrected chi connectivity index (χ2v) is 4.97. The van der Waals surface area contributed by atoms with Gasteiger partial charge in [0.1, 0.15) is 11.0 Å². The van der Waals surface area contributed by atoms with Gasteiger partial charge in [-0.2, -0.15) is 0 Å². The van der Waals surface area contributed by atoms with Crippen LogP contribution in [0, 0.1) is 10.1 Å². The van der Waals surface area contributed by atoms with Crippen LogP contribution in [0.15, 0.2) is 30.6 Å². The molecule has 2 aromatic rings. The van der Waals surface area contributed by atoms with Gasteiger partial charge in [-0.15, -0.1) is 0 Å². The van der Waals surface area contributed by atoms with E-state index in [-0.39, 0.29) is 10.6 Å². The van der Waals surface area contributed by atoms with Gasteiger partial charge in [-0.25, -0.2) is 4.98 Å². The molecule has 0 saturated heterocycles. The molecule has 0 atom stereocenters. The SMILES string of the molecule is O=[N+]([O-])c1ccc2c(c1)CN(c1cncc(Cl)n1)CC2. The number of anilines is 1. The van der Waals surface area contributed by atoms with Gasteiger partial charge in [-0.05, 0) is 17.5 Å². The number of rotatable bonds is 2. The number of nitro benzene ring substituents is 1. The Morgan fingerprint density at radius 3 is 2.90 bits per heavy atom. The molecule has 0 N–H and O–H groups in total. The highest BCUT2D eigenvalue weighted by Crippen LogP contribution is 2.26. The monoisotopic (exact) mass is 290 g/mol. The summed E-state index contributed by atoms with van der Waals surface area (Å²) in [6.07, 6.45) is 3.95. The van der Waals surface area contributed by atoms with Crippen LogP contribution in [0.3, 0.4) is 0 Å². The molecule has 0 fully saturated rings. The quantitative estimate of drug-likeness (QED) is 0.628. The van der Waals surface area contributed by atoms with Crippen molar-refractivity contribution in [3.05, 3.63) is 57.0 Å². The van der Waals surface area contributed by atoms with Crippen molar-refractivity contribution in [2.24, 2.45) is 0 Å². The fourth-order valence-corrected chi connectivity index (χ4v) is 2.48. The molecule has 0 bridgehead atoms. The van der Waals surface area contributed by atoms with E-state index in [2.05, 4.69) is 9.97 Å². The summed E-state index contributed by atoms with van der Waals surface area (Å²) in [6.45, 7) is 1.37. The lowest BCUT2D eigenvalue weighted by molar-refractivity contribution is -0.384. The van der Waals surface area contributed by atoms with Crippen LogP contribution in [0.25, 0.3) is 0 Å². The Morgan fingerprint density at radius 1 is 1.30 bits per heavy atom. The Hall–Kier alpha value is -2.21. The van der Waals surface area contributed by atoms with Gasteiger partial charge in [0.15, 0.2) is 0 Å². The molecule has 2 heterocycles. The predicted molar refractivity (Wildman–Crippen MR) is 74.9 cm³/mol. The average molecular weight is 291 g/mol. The second kappa shape index (κ2) is 5.05. The van der Waals surface area contributed by atoms with Crippen LogP contribution >= 0.6 is 11.6 Å². The van der Waals surface area contributed by atoms with Crippen LogP contribution in [0.4, 0.5) is 11.5 Å². The fraction of sp³-hybridized carbons (Fsp3) is 0.231. The van der Waals surface area contributed by atoms with E-state index in [9.17, 15) is 10.1 Å². The Bertz CT molecular complexity index is 677. The molecule has 3 rings (SSSR count). The first kappa shape index (κ1) is 12.8. The van der Waals surface area contributed by atoms with Gasteiger partial charge in [-0.1, -0.05) is 17.7 Å². The third kappa shape index (κ3) is 2.42. The minimum atomic E-state index is -0.377. The van der Waals surface area contributed by atoms with Crippen molar-refractivity contribution < 1.29 is 4.92 Å². The number of nitro groups is 1. The maximum atomic E-state index is 10.8. The van der Waals surface area contributed by atoms with Crippen molar-refractivity contribution in [3.8, 4) is 0 Å². The average Bonchev–Trinajstić information content (AvgIpc) is 2.46. The van der Waals surface area contributed by atoms with E-state index in [1.165, 1.54) is 6.20 Å². The van der Waals surface area contributed by atoms with Crippen molar-refractivity contribution in [1.29, 1.82) is 0 Å². The van der Waals surface area contributed by atoms with Gasteiger partial charge in [-0.3, -0.25) is 15.1 Å². The molecule has 20 heavy (non-hydrogen) atoms. The number of fused-ring (bicyclic) bond motifs is 1. The zero-order chi connectivity index (χ0) is 14.1. The first-order valence-electron chi connectivity index (χ1n) is 6.12. The Labute approximate surface area is 120 Å². The second-order valence-electron chi connectivity index (χ2n) is 4.58. The first-order chi connectivity index (χ1) is 9.63. The molecule has 1 aromatic carbocycles. The zero-order valence-corrected chi connectivity index (χ0v) is 11.2. The molecule has 1 aliphatic heterocycles. The van der Waals surface area contributed by atoms with E-state index >= 15 is 0 Å². The van der Waals surface area contributed by atoms with E-state index in [0.717, 1.165) is 24.1 Å². The Morgan fingerprint density at radius 2 is 2.15 bits per heavy atom. The highest BCUT2D eigenvalue weighted by Gasteiger charge is 2.20. The molecular formula is C13H11ClN4O2. The predicted octanol–water partition coefficient (Wildman–Crippen LogP) is 2.60. The molecule has 0 radical (unpaired) electrons. The standard InChI is InChI=1S/C13H11ClN4O2/c14-12-6-15-7-13(16-12)17-4-3-9-1-2-11(18(19)20)5-10(9)8-17/h1-2,5-7H,3-4,8H2. The maximum absolute atomic E-state index is 10.8. The van der Waals surface area contributed by atoms with E-state index in [4.69, 9.17) is 11.6 Å². The molecular weight excluding hydrogens is 280 g/mol. The molecule has 1 aromatic heterocycles. The number of hydrogen-bond donors (Lipinski definition) is 0. The summed E-state index contributed by atoms with van der Waals surface area (Å²) >= 11 is 5.84. The summed E-state index contributed by atoms with van der Waals surface area (Å²) in [5.41, 5.74) is 2.21. The van der Waals surface area contributed by atoms with Crippen LogP contribution in [0.5, 0.6) is 0 Å². The summed E-state index contributed by atoms with van der Waals surface area (Å²) in [4.78, 5) is 20.7. The Balaban J connectivity index is 1.91. The number of hydrogen-bond acceptors (Lipinski definition) is 5. The number of aromatic nitrogens is 2. The molecule has 0 unspecified atom stereocenters. The van der Waals surface area contributed by atoms with E-state index in [0.29, 0.717) is 17.5 Å². The van der Waals surface area contributed by atoms with Gasteiger partial charge < -0.3 is 4.90 Å². The van der Waals surface area contributed by atoms with Crippen molar-refractivity contribution in [2.75, 3.05) is 11.4 Å². The van der Waals surface area contributed by atoms with E-state index < -0.39 is 0 Å². The Kier molecular flexibility index (Phi) is 3.23. The van der Waals surface area contributed by atoms with Gasteiger partial charge in [0.05, 0.1) is 17.3 Å². The smallest absolute Gasteiger partial charge is 0.269 e. The molecule has 1 aliphatic rings. The largest absolute Gasteiger partial charge is 0.351 e. The van der Waals surface area contributed by atoms with Crippen molar-refractivity contribution in [2.45, 2.75) is 13.0 Å². The van der Waals surface area contributed by atoms with Crippen molar-refractivity contribution in [3.63, 3.8) is 0 Å². The highest BCUT2D eigenvalue weighted by molar-refractivity contribution is 6.29. The summed E-state index contributed by atoms with van der Waals surface area (Å²) in [7, 11) is 0. The first-order valence-corrected chi connectivity index (χ1v) is 6.50. The normalized spacial score (nSPS) is 13.9. The summed E-state index contributed by atoms with van der Waals surface area (Å²) in [5, 5.41) is 11.2. The van der Waals surface area contributed by atoms with E-state index in [1.807, 2.05) is 11.0 Å². The molecule has 0 aliphatic carbocycles. The summed E-state index contributed by atoms with van der Waals surface area (Å²) in [5.74, 6) is 0.689. The number of non-ortho nitro benzene ring substituents is 1. The van der Waals surface area contributed by atoms with Crippen LogP contribution < -0.4 is 4.90 Å². The van der Waals surface area contributed by atoms with Gasteiger partial charge in [0.25, 0.3) is 5.69 Å². The number of halogens is 1. The minimum Gasteiger partial charge on any atom is -0.351 e. The lowest BCUT2D eigenvalue weighted by Crippen LogP contribution is -2.31. The molecule has 7 heteroatoms. The highest BCUT2D eigenvalue weighted by atomic mass is 35.5. The van der Waals surface area contributed by atoms with Crippen LogP contribution in [-0.2, 0) is 13.0 Å². The summed E-state index contributed by atoms with van der Waals surface area (Å²) < 4.78 is 0. The number of nitrogens with zero attached hydrogens (tertiary/aromatic N) is 4. The summed E-state index contributed by atoms with van der Waals surface area (Å²) in [6, 6.07) is 5.00. The van der Waals surface area contributed by atoms with Gasteiger partial charge >= 0.3 is 0 Å². The molecule has 102 valence electrons. The lowest BCUT2D eigenvalue weighted by atomic mass is 9.99. The van der Waals surface area contributed by atoms with Gasteiger partial charge in [0, 0.05) is 25.2 Å². The lowest BCUT2D eigenvalue weighted by Gasteiger charge is -2.29.